The molecule has 1 aliphatic carbocycles. The lowest BCUT2D eigenvalue weighted by Crippen LogP contribution is -2.33. The van der Waals surface area contributed by atoms with Gasteiger partial charge < -0.3 is 24.3 Å². The number of hydrogen-bond acceptors (Lipinski definition) is 8. The number of halogens is 3. The Labute approximate surface area is 209 Å². The molecule has 5 rings (SSSR count). The van der Waals surface area contributed by atoms with E-state index in [1.807, 2.05) is 12.1 Å². The average Bonchev–Trinajstić information content (AvgIpc) is 3.34. The fourth-order valence-corrected chi connectivity index (χ4v) is 4.88. The molecule has 9 nitrogen and oxygen atoms in total. The molecule has 1 aromatic heterocycles. The van der Waals surface area contributed by atoms with E-state index >= 15 is 0 Å². The third kappa shape index (κ3) is 4.54. The van der Waals surface area contributed by atoms with Crippen molar-refractivity contribution in [2.24, 2.45) is 0 Å². The number of Topliss-reactive ketones (excluding diaryl/α,β-unsaturated/α-hetero) is 1. The number of nitrogens with zero attached hydrogens (tertiary/aromatic N) is 3. The van der Waals surface area contributed by atoms with E-state index in [1.54, 1.807) is 4.68 Å². The zero-order valence-corrected chi connectivity index (χ0v) is 20.1. The molecular weight excluding hydrogens is 493 g/mol. The van der Waals surface area contributed by atoms with Crippen molar-refractivity contribution >= 4 is 11.7 Å². The van der Waals surface area contributed by atoms with Gasteiger partial charge in [-0.3, -0.25) is 4.79 Å². The average molecular weight is 516 g/mol. The fourth-order valence-electron chi connectivity index (χ4n) is 4.88. The first-order valence-electron chi connectivity index (χ1n) is 11.3. The number of ketones is 1. The molecule has 2 aromatic carbocycles. The molecule has 0 fully saturated rings. The molecule has 0 saturated heterocycles. The standard InChI is InChI=1S/C25H23F3N4O5/c1-34-19-10-15(11-20(35-2)23(19)36-3)14-8-17-21(18(33)9-14)22(32-24(31-17)29-12-30-32)13-4-6-16(7-5-13)37-25(26,27)28/h4-7,10-12,14,22H,8-9H2,1-3H3,(H,29,30,31)/t14-,22-/m1/s1. The van der Waals surface area contributed by atoms with Crippen molar-refractivity contribution < 1.29 is 36.9 Å². The highest BCUT2D eigenvalue weighted by atomic mass is 19.4. The number of ether oxygens (including phenoxy) is 4. The zero-order chi connectivity index (χ0) is 26.3. The van der Waals surface area contributed by atoms with Gasteiger partial charge in [0.25, 0.3) is 0 Å². The summed E-state index contributed by atoms with van der Waals surface area (Å²) in [6.07, 6.45) is -2.75. The predicted molar refractivity (Wildman–Crippen MR) is 125 cm³/mol. The molecule has 37 heavy (non-hydrogen) atoms. The van der Waals surface area contributed by atoms with Crippen molar-refractivity contribution in [3.8, 4) is 23.0 Å². The Bertz CT molecular complexity index is 1340. The number of allylic oxidation sites excluding steroid dienone is 2. The largest absolute Gasteiger partial charge is 0.573 e. The number of benzene rings is 2. The van der Waals surface area contributed by atoms with Crippen molar-refractivity contribution in [3.63, 3.8) is 0 Å². The molecule has 0 radical (unpaired) electrons. The van der Waals surface area contributed by atoms with E-state index in [2.05, 4.69) is 20.1 Å². The van der Waals surface area contributed by atoms with Gasteiger partial charge in [0.2, 0.25) is 11.7 Å². The van der Waals surface area contributed by atoms with Crippen LogP contribution >= 0.6 is 0 Å². The quantitative estimate of drug-likeness (QED) is 0.507. The summed E-state index contributed by atoms with van der Waals surface area (Å²) >= 11 is 0. The number of anilines is 1. The lowest BCUT2D eigenvalue weighted by molar-refractivity contribution is -0.274. The van der Waals surface area contributed by atoms with Crippen molar-refractivity contribution in [2.45, 2.75) is 31.2 Å². The molecule has 12 heteroatoms. The highest BCUT2D eigenvalue weighted by Gasteiger charge is 2.40. The van der Waals surface area contributed by atoms with Gasteiger partial charge in [-0.25, -0.2) is 4.68 Å². The van der Waals surface area contributed by atoms with Crippen LogP contribution in [-0.4, -0.2) is 48.2 Å². The van der Waals surface area contributed by atoms with Crippen LogP contribution in [0.25, 0.3) is 0 Å². The second-order valence-electron chi connectivity index (χ2n) is 8.55. The van der Waals surface area contributed by atoms with Crippen LogP contribution < -0.4 is 24.3 Å². The van der Waals surface area contributed by atoms with Crippen molar-refractivity contribution in [1.29, 1.82) is 0 Å². The Balaban J connectivity index is 1.52. The Morgan fingerprint density at radius 1 is 0.973 bits per heavy atom. The Morgan fingerprint density at radius 2 is 1.65 bits per heavy atom. The zero-order valence-electron chi connectivity index (χ0n) is 20.1. The van der Waals surface area contributed by atoms with E-state index in [0.29, 0.717) is 46.5 Å². The van der Waals surface area contributed by atoms with Crippen molar-refractivity contribution in [2.75, 3.05) is 26.6 Å². The monoisotopic (exact) mass is 516 g/mol. The van der Waals surface area contributed by atoms with Crippen LogP contribution in [0.1, 0.15) is 35.9 Å². The van der Waals surface area contributed by atoms with Gasteiger partial charge in [-0.05, 0) is 47.7 Å². The number of alkyl halides is 3. The first-order chi connectivity index (χ1) is 17.7. The van der Waals surface area contributed by atoms with Gasteiger partial charge >= 0.3 is 6.36 Å². The second kappa shape index (κ2) is 9.34. The Morgan fingerprint density at radius 3 is 2.24 bits per heavy atom. The van der Waals surface area contributed by atoms with Gasteiger partial charge in [0.15, 0.2) is 17.3 Å². The lowest BCUT2D eigenvalue weighted by Gasteiger charge is -2.35. The number of methoxy groups -OCH3 is 3. The molecule has 0 unspecified atom stereocenters. The summed E-state index contributed by atoms with van der Waals surface area (Å²) in [7, 11) is 4.57. The van der Waals surface area contributed by atoms with Gasteiger partial charge in [-0.15, -0.1) is 13.2 Å². The third-order valence-electron chi connectivity index (χ3n) is 6.45. The molecule has 0 spiro atoms. The molecule has 2 heterocycles. The molecule has 1 N–H and O–H groups in total. The normalized spacial score (nSPS) is 19.0. The summed E-state index contributed by atoms with van der Waals surface area (Å²) < 4.78 is 59.7. The SMILES string of the molecule is COc1cc([C@H]2CC(=O)C3=C(C2)Nc2ncnn2[C@@H]3c2ccc(OC(F)(F)F)cc2)cc(OC)c1OC. The van der Waals surface area contributed by atoms with E-state index in [4.69, 9.17) is 14.2 Å². The predicted octanol–water partition coefficient (Wildman–Crippen LogP) is 4.62. The smallest absolute Gasteiger partial charge is 0.493 e. The van der Waals surface area contributed by atoms with E-state index < -0.39 is 12.4 Å². The first kappa shape index (κ1) is 24.5. The van der Waals surface area contributed by atoms with Gasteiger partial charge in [-0.2, -0.15) is 10.1 Å². The highest BCUT2D eigenvalue weighted by Crippen LogP contribution is 2.47. The summed E-state index contributed by atoms with van der Waals surface area (Å²) in [4.78, 5) is 17.8. The highest BCUT2D eigenvalue weighted by molar-refractivity contribution is 6.00. The minimum atomic E-state index is -4.80. The number of hydrogen-bond donors (Lipinski definition) is 1. The summed E-state index contributed by atoms with van der Waals surface area (Å²) in [6, 6.07) is 8.42. The van der Waals surface area contributed by atoms with E-state index in [1.165, 1.54) is 51.9 Å². The van der Waals surface area contributed by atoms with Gasteiger partial charge in [0, 0.05) is 17.7 Å². The van der Waals surface area contributed by atoms with Crippen LogP contribution in [0.5, 0.6) is 23.0 Å². The first-order valence-corrected chi connectivity index (χ1v) is 11.3. The maximum atomic E-state index is 13.6. The topological polar surface area (TPSA) is 96.7 Å². The number of carbonyl (C=O) groups excluding carboxylic acids is 1. The Kier molecular flexibility index (Phi) is 6.18. The van der Waals surface area contributed by atoms with Gasteiger partial charge in [0.05, 0.1) is 21.3 Å². The summed E-state index contributed by atoms with van der Waals surface area (Å²) in [5.41, 5.74) is 2.59. The number of nitrogens with one attached hydrogen (secondary N) is 1. The number of rotatable bonds is 6. The van der Waals surface area contributed by atoms with E-state index in [-0.39, 0.29) is 23.9 Å². The van der Waals surface area contributed by atoms with Gasteiger partial charge in [0.1, 0.15) is 18.1 Å². The molecule has 194 valence electrons. The van der Waals surface area contributed by atoms with Crippen LogP contribution in [-0.2, 0) is 4.79 Å². The molecule has 2 atom stereocenters. The van der Waals surface area contributed by atoms with Crippen LogP contribution in [0.15, 0.2) is 54.0 Å². The van der Waals surface area contributed by atoms with Crippen LogP contribution in [0.2, 0.25) is 0 Å². The maximum Gasteiger partial charge on any atom is 0.573 e. The van der Waals surface area contributed by atoms with Crippen molar-refractivity contribution in [3.05, 3.63) is 65.1 Å². The molecule has 0 saturated carbocycles. The van der Waals surface area contributed by atoms with Crippen molar-refractivity contribution in [1.82, 2.24) is 14.8 Å². The summed E-state index contributed by atoms with van der Waals surface area (Å²) in [6.45, 7) is 0. The number of carbonyl (C=O) groups is 1. The number of fused-ring (bicyclic) bond motifs is 1. The van der Waals surface area contributed by atoms with Crippen LogP contribution in [0.4, 0.5) is 19.1 Å². The van der Waals surface area contributed by atoms with Crippen LogP contribution in [0, 0.1) is 0 Å². The lowest BCUT2D eigenvalue weighted by atomic mass is 9.77. The molecule has 1 aliphatic heterocycles. The Hall–Kier alpha value is -4.22. The molecule has 0 bridgehead atoms. The molecule has 0 amide bonds. The molecule has 3 aromatic rings. The minimum Gasteiger partial charge on any atom is -0.493 e. The molecular formula is C25H23F3N4O5. The summed E-state index contributed by atoms with van der Waals surface area (Å²) in [5, 5.41) is 7.48. The third-order valence-corrected chi connectivity index (χ3v) is 6.45. The summed E-state index contributed by atoms with van der Waals surface area (Å²) in [5.74, 6) is 1.20. The minimum absolute atomic E-state index is 0.116. The fraction of sp³-hybridized carbons (Fsp3) is 0.320. The number of aromatic nitrogens is 3. The van der Waals surface area contributed by atoms with E-state index in [9.17, 15) is 18.0 Å². The second-order valence-corrected chi connectivity index (χ2v) is 8.55. The van der Waals surface area contributed by atoms with E-state index in [0.717, 1.165) is 5.56 Å². The maximum absolute atomic E-state index is 13.6. The van der Waals surface area contributed by atoms with Gasteiger partial charge in [-0.1, -0.05) is 12.1 Å². The molecule has 2 aliphatic rings. The van der Waals surface area contributed by atoms with Crippen LogP contribution in [0.3, 0.4) is 0 Å².